The normalized spacial score (nSPS) is 10.4. The first kappa shape index (κ1) is 10.8. The van der Waals surface area contributed by atoms with Crippen LogP contribution >= 0.6 is 11.3 Å². The Balaban J connectivity index is 2.62. The summed E-state index contributed by atoms with van der Waals surface area (Å²) in [6.07, 6.45) is 0. The zero-order chi connectivity index (χ0) is 11.7. The minimum absolute atomic E-state index is 0.0190. The number of carbonyl (C=O) groups is 1. The van der Waals surface area contributed by atoms with Crippen molar-refractivity contribution in [2.24, 2.45) is 0 Å². The molecule has 0 fully saturated rings. The van der Waals surface area contributed by atoms with Crippen molar-refractivity contribution in [3.63, 3.8) is 0 Å². The van der Waals surface area contributed by atoms with Crippen LogP contribution in [0.3, 0.4) is 0 Å². The van der Waals surface area contributed by atoms with Crippen LogP contribution in [0.2, 0.25) is 0 Å². The molecule has 0 saturated heterocycles. The first-order chi connectivity index (χ1) is 7.59. The molecule has 1 N–H and O–H groups in total. The lowest BCUT2D eigenvalue weighted by Crippen LogP contribution is -1.97. The van der Waals surface area contributed by atoms with E-state index in [9.17, 15) is 13.6 Å². The lowest BCUT2D eigenvalue weighted by molar-refractivity contribution is 0.0698. The molecule has 0 aliphatic rings. The molecule has 16 heavy (non-hydrogen) atoms. The van der Waals surface area contributed by atoms with Crippen molar-refractivity contribution in [2.75, 3.05) is 0 Å². The molecule has 0 atom stereocenters. The molecule has 0 saturated carbocycles. The highest BCUT2D eigenvalue weighted by atomic mass is 32.1. The van der Waals surface area contributed by atoms with Gasteiger partial charge in [0.05, 0.1) is 5.56 Å². The van der Waals surface area contributed by atoms with Crippen LogP contribution in [-0.2, 0) is 0 Å². The molecule has 2 nitrogen and oxygen atoms in total. The van der Waals surface area contributed by atoms with Crippen LogP contribution in [0.5, 0.6) is 0 Å². The summed E-state index contributed by atoms with van der Waals surface area (Å²) >= 11 is 1.13. The molecule has 0 radical (unpaired) electrons. The highest BCUT2D eigenvalue weighted by molar-refractivity contribution is 7.08. The minimum atomic E-state index is -1.15. The van der Waals surface area contributed by atoms with Crippen LogP contribution in [0.4, 0.5) is 8.78 Å². The van der Waals surface area contributed by atoms with E-state index < -0.39 is 17.6 Å². The molecule has 82 valence electrons. The van der Waals surface area contributed by atoms with Crippen molar-refractivity contribution >= 4 is 17.3 Å². The highest BCUT2D eigenvalue weighted by Crippen LogP contribution is 2.30. The van der Waals surface area contributed by atoms with Gasteiger partial charge in [0, 0.05) is 16.5 Å². The van der Waals surface area contributed by atoms with Gasteiger partial charge >= 0.3 is 5.97 Å². The second-order valence-corrected chi connectivity index (χ2v) is 3.87. The Hall–Kier alpha value is -1.75. The van der Waals surface area contributed by atoms with Gasteiger partial charge in [-0.15, -0.1) is 0 Å². The van der Waals surface area contributed by atoms with Crippen molar-refractivity contribution in [3.05, 3.63) is 46.2 Å². The van der Waals surface area contributed by atoms with Crippen LogP contribution < -0.4 is 0 Å². The zero-order valence-corrected chi connectivity index (χ0v) is 8.72. The van der Waals surface area contributed by atoms with Crippen molar-refractivity contribution in [1.82, 2.24) is 0 Å². The van der Waals surface area contributed by atoms with Gasteiger partial charge in [-0.05, 0) is 23.6 Å². The maximum absolute atomic E-state index is 13.4. The second kappa shape index (κ2) is 4.02. The van der Waals surface area contributed by atoms with Crippen molar-refractivity contribution in [2.45, 2.75) is 0 Å². The molecule has 0 spiro atoms. The zero-order valence-electron chi connectivity index (χ0n) is 7.91. The maximum atomic E-state index is 13.4. The molecule has 0 aliphatic heterocycles. The summed E-state index contributed by atoms with van der Waals surface area (Å²) in [4.78, 5) is 10.8. The van der Waals surface area contributed by atoms with Crippen LogP contribution in [0.15, 0.2) is 29.0 Å². The molecule has 5 heteroatoms. The van der Waals surface area contributed by atoms with Crippen LogP contribution in [0.25, 0.3) is 11.1 Å². The smallest absolute Gasteiger partial charge is 0.337 e. The first-order valence-electron chi connectivity index (χ1n) is 4.34. The number of halogens is 2. The van der Waals surface area contributed by atoms with Gasteiger partial charge in [-0.2, -0.15) is 11.3 Å². The molecular formula is C11H6F2O2S. The predicted molar refractivity (Wildman–Crippen MR) is 56.6 cm³/mol. The molecule has 1 aromatic carbocycles. The Bertz CT molecular complexity index is 549. The van der Waals surface area contributed by atoms with Crippen molar-refractivity contribution in [1.29, 1.82) is 0 Å². The highest BCUT2D eigenvalue weighted by Gasteiger charge is 2.16. The monoisotopic (exact) mass is 240 g/mol. The summed E-state index contributed by atoms with van der Waals surface area (Å²) in [6, 6.07) is 2.96. The predicted octanol–water partition coefficient (Wildman–Crippen LogP) is 3.39. The average Bonchev–Trinajstić information content (AvgIpc) is 2.70. The van der Waals surface area contributed by atoms with E-state index in [0.717, 1.165) is 29.5 Å². The van der Waals surface area contributed by atoms with Gasteiger partial charge in [-0.1, -0.05) is 0 Å². The maximum Gasteiger partial charge on any atom is 0.337 e. The number of thiophene rings is 1. The van der Waals surface area contributed by atoms with Crippen LogP contribution in [0.1, 0.15) is 10.4 Å². The topological polar surface area (TPSA) is 37.3 Å². The standard InChI is InChI=1S/C11H6F2O2S/c12-6-1-2-10(13)7(3-6)8-4-16-5-9(8)11(14)15/h1-5H,(H,14,15). The minimum Gasteiger partial charge on any atom is -0.478 e. The summed E-state index contributed by atoms with van der Waals surface area (Å²) in [6.45, 7) is 0. The molecular weight excluding hydrogens is 234 g/mol. The van der Waals surface area contributed by atoms with Crippen LogP contribution in [0, 0.1) is 11.6 Å². The fourth-order valence-corrected chi connectivity index (χ4v) is 2.20. The quantitative estimate of drug-likeness (QED) is 0.873. The third kappa shape index (κ3) is 1.81. The van der Waals surface area contributed by atoms with E-state index in [1.165, 1.54) is 10.8 Å². The Labute approximate surface area is 93.8 Å². The number of aromatic carboxylic acids is 1. The molecule has 2 rings (SSSR count). The second-order valence-electron chi connectivity index (χ2n) is 3.13. The summed E-state index contributed by atoms with van der Waals surface area (Å²) in [5.74, 6) is -2.39. The molecule has 1 heterocycles. The van der Waals surface area contributed by atoms with E-state index in [1.54, 1.807) is 0 Å². The molecule has 0 unspecified atom stereocenters. The number of carboxylic acid groups (broad SMARTS) is 1. The number of benzene rings is 1. The van der Waals surface area contributed by atoms with Gasteiger partial charge in [0.1, 0.15) is 11.6 Å². The Morgan fingerprint density at radius 2 is 1.94 bits per heavy atom. The summed E-state index contributed by atoms with van der Waals surface area (Å²) in [5.41, 5.74) is 0.155. The lowest BCUT2D eigenvalue weighted by Gasteiger charge is -2.02. The Kier molecular flexibility index (Phi) is 2.70. The lowest BCUT2D eigenvalue weighted by atomic mass is 10.0. The fraction of sp³-hybridized carbons (Fsp3) is 0. The number of hydrogen-bond acceptors (Lipinski definition) is 2. The van der Waals surface area contributed by atoms with Gasteiger partial charge in [0.2, 0.25) is 0 Å². The molecule has 0 bridgehead atoms. The number of rotatable bonds is 2. The molecule has 2 aromatic rings. The third-order valence-corrected chi connectivity index (χ3v) is 2.85. The van der Waals surface area contributed by atoms with E-state index in [2.05, 4.69) is 0 Å². The van der Waals surface area contributed by atoms with E-state index >= 15 is 0 Å². The van der Waals surface area contributed by atoms with Gasteiger partial charge < -0.3 is 5.11 Å². The molecule has 0 aliphatic carbocycles. The molecule has 0 amide bonds. The number of hydrogen-bond donors (Lipinski definition) is 1. The van der Waals surface area contributed by atoms with Gasteiger partial charge in [-0.3, -0.25) is 0 Å². The largest absolute Gasteiger partial charge is 0.478 e. The summed E-state index contributed by atoms with van der Waals surface area (Å²) in [5, 5.41) is 11.7. The van der Waals surface area contributed by atoms with E-state index in [0.29, 0.717) is 0 Å². The summed E-state index contributed by atoms with van der Waals surface area (Å²) in [7, 11) is 0. The van der Waals surface area contributed by atoms with Gasteiger partial charge in [0.15, 0.2) is 0 Å². The van der Waals surface area contributed by atoms with Gasteiger partial charge in [0.25, 0.3) is 0 Å². The Morgan fingerprint density at radius 1 is 1.19 bits per heavy atom. The van der Waals surface area contributed by atoms with E-state index in [4.69, 9.17) is 5.11 Å². The van der Waals surface area contributed by atoms with Crippen LogP contribution in [-0.4, -0.2) is 11.1 Å². The SMILES string of the molecule is O=C(O)c1cscc1-c1cc(F)ccc1F. The van der Waals surface area contributed by atoms with Crippen molar-refractivity contribution < 1.29 is 18.7 Å². The van der Waals surface area contributed by atoms with E-state index in [1.807, 2.05) is 0 Å². The first-order valence-corrected chi connectivity index (χ1v) is 5.29. The fourth-order valence-electron chi connectivity index (χ4n) is 1.38. The molecule has 1 aromatic heterocycles. The van der Waals surface area contributed by atoms with E-state index in [-0.39, 0.29) is 16.7 Å². The average molecular weight is 240 g/mol. The number of carboxylic acids is 1. The Morgan fingerprint density at radius 3 is 2.62 bits per heavy atom. The van der Waals surface area contributed by atoms with Gasteiger partial charge in [-0.25, -0.2) is 13.6 Å². The third-order valence-electron chi connectivity index (χ3n) is 2.11. The summed E-state index contributed by atoms with van der Waals surface area (Å²) < 4.78 is 26.4. The van der Waals surface area contributed by atoms with Crippen molar-refractivity contribution in [3.8, 4) is 11.1 Å².